The van der Waals surface area contributed by atoms with E-state index in [0.717, 1.165) is 21.7 Å². The predicted octanol–water partition coefficient (Wildman–Crippen LogP) is 2.49. The molecule has 1 atom stereocenters. The first-order valence-corrected chi connectivity index (χ1v) is 5.33. The Hall–Kier alpha value is -1.45. The van der Waals surface area contributed by atoms with Gasteiger partial charge < -0.3 is 5.73 Å². The minimum atomic E-state index is -0.236. The molecule has 3 nitrogen and oxygen atoms in total. The average Bonchev–Trinajstić information content (AvgIpc) is 2.33. The zero-order valence-corrected chi connectivity index (χ0v) is 9.65. The van der Waals surface area contributed by atoms with Crippen LogP contribution in [-0.4, -0.2) is 9.97 Å². The van der Waals surface area contributed by atoms with Crippen LogP contribution >= 0.6 is 11.6 Å². The molecule has 1 aromatic carbocycles. The minimum absolute atomic E-state index is 0.236. The highest BCUT2D eigenvalue weighted by atomic mass is 35.5. The second-order valence-electron chi connectivity index (χ2n) is 3.60. The van der Waals surface area contributed by atoms with E-state index < -0.39 is 0 Å². The molecule has 0 radical (unpaired) electrons. The van der Waals surface area contributed by atoms with E-state index in [4.69, 9.17) is 17.3 Å². The topological polar surface area (TPSA) is 51.8 Å². The van der Waals surface area contributed by atoms with Gasteiger partial charge in [0.05, 0.1) is 6.04 Å². The Morgan fingerprint density at radius 2 is 1.94 bits per heavy atom. The van der Waals surface area contributed by atoms with Crippen molar-refractivity contribution in [1.82, 2.24) is 9.97 Å². The lowest BCUT2D eigenvalue weighted by Gasteiger charge is -2.15. The summed E-state index contributed by atoms with van der Waals surface area (Å²) in [6.45, 7) is 1.96. The zero-order chi connectivity index (χ0) is 11.5. The summed E-state index contributed by atoms with van der Waals surface area (Å²) in [6.07, 6.45) is 4.93. The maximum Gasteiger partial charge on any atom is 0.115 e. The second kappa shape index (κ2) is 4.60. The first-order chi connectivity index (χ1) is 7.70. The van der Waals surface area contributed by atoms with Crippen molar-refractivity contribution in [2.75, 3.05) is 0 Å². The van der Waals surface area contributed by atoms with Crippen molar-refractivity contribution in [3.05, 3.63) is 58.6 Å². The number of hydrogen-bond acceptors (Lipinski definition) is 3. The summed E-state index contributed by atoms with van der Waals surface area (Å²) >= 11 is 6.06. The van der Waals surface area contributed by atoms with E-state index in [0.29, 0.717) is 0 Å². The molecule has 1 aromatic heterocycles. The molecule has 0 aliphatic rings. The molecule has 1 unspecified atom stereocenters. The van der Waals surface area contributed by atoms with E-state index >= 15 is 0 Å². The molecule has 0 fully saturated rings. The summed E-state index contributed by atoms with van der Waals surface area (Å²) in [5.74, 6) is 0. The Kier molecular flexibility index (Phi) is 3.17. The first-order valence-electron chi connectivity index (χ1n) is 4.95. The van der Waals surface area contributed by atoms with Gasteiger partial charge in [-0.15, -0.1) is 0 Å². The fourth-order valence-electron chi connectivity index (χ4n) is 1.61. The van der Waals surface area contributed by atoms with Crippen LogP contribution in [0.2, 0.25) is 5.02 Å². The van der Waals surface area contributed by atoms with Gasteiger partial charge in [0.15, 0.2) is 0 Å². The summed E-state index contributed by atoms with van der Waals surface area (Å²) in [4.78, 5) is 7.92. The summed E-state index contributed by atoms with van der Waals surface area (Å²) in [5.41, 5.74) is 9.03. The van der Waals surface area contributed by atoms with Crippen molar-refractivity contribution >= 4 is 11.6 Å². The van der Waals surface area contributed by atoms with E-state index in [1.807, 2.05) is 25.1 Å². The maximum atomic E-state index is 6.15. The van der Waals surface area contributed by atoms with Crippen LogP contribution in [-0.2, 0) is 0 Å². The highest BCUT2D eigenvalue weighted by molar-refractivity contribution is 6.31. The van der Waals surface area contributed by atoms with Crippen molar-refractivity contribution in [3.63, 3.8) is 0 Å². The Labute approximate surface area is 99.3 Å². The third kappa shape index (κ3) is 2.05. The smallest absolute Gasteiger partial charge is 0.115 e. The van der Waals surface area contributed by atoms with Crippen LogP contribution in [0, 0.1) is 6.92 Å². The van der Waals surface area contributed by atoms with Gasteiger partial charge in [-0.25, -0.2) is 9.97 Å². The van der Waals surface area contributed by atoms with Gasteiger partial charge in [0, 0.05) is 23.0 Å². The molecule has 0 saturated heterocycles. The number of rotatable bonds is 2. The van der Waals surface area contributed by atoms with Gasteiger partial charge in [-0.3, -0.25) is 0 Å². The molecule has 0 aliphatic heterocycles. The quantitative estimate of drug-likeness (QED) is 0.867. The Morgan fingerprint density at radius 1 is 1.25 bits per heavy atom. The van der Waals surface area contributed by atoms with E-state index in [2.05, 4.69) is 9.97 Å². The van der Waals surface area contributed by atoms with Crippen molar-refractivity contribution < 1.29 is 0 Å². The van der Waals surface area contributed by atoms with Crippen LogP contribution in [0.4, 0.5) is 0 Å². The molecule has 0 spiro atoms. The molecule has 2 aromatic rings. The fourth-order valence-corrected chi connectivity index (χ4v) is 1.79. The third-order valence-electron chi connectivity index (χ3n) is 2.58. The van der Waals surface area contributed by atoms with Crippen molar-refractivity contribution in [1.29, 1.82) is 0 Å². The van der Waals surface area contributed by atoms with Gasteiger partial charge in [-0.2, -0.15) is 0 Å². The van der Waals surface area contributed by atoms with Gasteiger partial charge in [0.2, 0.25) is 0 Å². The summed E-state index contributed by atoms with van der Waals surface area (Å²) < 4.78 is 0. The number of benzene rings is 1. The standard InChI is InChI=1S/C12H12ClN3/c1-8-10(3-2-4-11(8)13)12(14)9-5-15-7-16-6-9/h2-7,12H,14H2,1H3. The molecule has 4 heteroatoms. The van der Waals surface area contributed by atoms with Gasteiger partial charge in [0.1, 0.15) is 6.33 Å². The van der Waals surface area contributed by atoms with Gasteiger partial charge in [0.25, 0.3) is 0 Å². The van der Waals surface area contributed by atoms with E-state index in [1.165, 1.54) is 6.33 Å². The van der Waals surface area contributed by atoms with E-state index in [-0.39, 0.29) is 6.04 Å². The first kappa shape index (κ1) is 11.0. The molecule has 2 N–H and O–H groups in total. The predicted molar refractivity (Wildman–Crippen MR) is 64.3 cm³/mol. The number of hydrogen-bond donors (Lipinski definition) is 1. The number of halogens is 1. The van der Waals surface area contributed by atoms with Crippen LogP contribution in [0.15, 0.2) is 36.9 Å². The van der Waals surface area contributed by atoms with Crippen LogP contribution in [0.25, 0.3) is 0 Å². The summed E-state index contributed by atoms with van der Waals surface area (Å²) in [6, 6.07) is 5.49. The van der Waals surface area contributed by atoms with Crippen LogP contribution < -0.4 is 5.73 Å². The molecule has 0 saturated carbocycles. The molecule has 1 heterocycles. The van der Waals surface area contributed by atoms with Gasteiger partial charge in [-0.1, -0.05) is 23.7 Å². The highest BCUT2D eigenvalue weighted by Crippen LogP contribution is 2.26. The molecule has 0 amide bonds. The Bertz CT molecular complexity index is 485. The maximum absolute atomic E-state index is 6.15. The average molecular weight is 234 g/mol. The monoisotopic (exact) mass is 233 g/mol. The number of nitrogens with two attached hydrogens (primary N) is 1. The van der Waals surface area contributed by atoms with Crippen molar-refractivity contribution in [3.8, 4) is 0 Å². The lowest BCUT2D eigenvalue weighted by molar-refractivity contribution is 0.842. The zero-order valence-electron chi connectivity index (χ0n) is 8.89. The minimum Gasteiger partial charge on any atom is -0.320 e. The van der Waals surface area contributed by atoms with Crippen molar-refractivity contribution in [2.24, 2.45) is 5.73 Å². The van der Waals surface area contributed by atoms with Crippen LogP contribution in [0.1, 0.15) is 22.7 Å². The SMILES string of the molecule is Cc1c(Cl)cccc1C(N)c1cncnc1. The molecule has 0 aliphatic carbocycles. The third-order valence-corrected chi connectivity index (χ3v) is 2.99. The highest BCUT2D eigenvalue weighted by Gasteiger charge is 2.12. The number of nitrogens with zero attached hydrogens (tertiary/aromatic N) is 2. The van der Waals surface area contributed by atoms with Crippen molar-refractivity contribution in [2.45, 2.75) is 13.0 Å². The summed E-state index contributed by atoms with van der Waals surface area (Å²) in [7, 11) is 0. The van der Waals surface area contributed by atoms with E-state index in [1.54, 1.807) is 12.4 Å². The molecular weight excluding hydrogens is 222 g/mol. The van der Waals surface area contributed by atoms with Crippen LogP contribution in [0.3, 0.4) is 0 Å². The largest absolute Gasteiger partial charge is 0.320 e. The van der Waals surface area contributed by atoms with Gasteiger partial charge >= 0.3 is 0 Å². The van der Waals surface area contributed by atoms with Crippen LogP contribution in [0.5, 0.6) is 0 Å². The Morgan fingerprint density at radius 3 is 2.62 bits per heavy atom. The molecule has 16 heavy (non-hydrogen) atoms. The van der Waals surface area contributed by atoms with Gasteiger partial charge in [-0.05, 0) is 24.1 Å². The summed E-state index contributed by atoms with van der Waals surface area (Å²) in [5, 5.41) is 0.727. The lowest BCUT2D eigenvalue weighted by atomic mass is 9.98. The fraction of sp³-hybridized carbons (Fsp3) is 0.167. The number of aromatic nitrogens is 2. The second-order valence-corrected chi connectivity index (χ2v) is 4.01. The lowest BCUT2D eigenvalue weighted by Crippen LogP contribution is -2.13. The molecule has 2 rings (SSSR count). The molecular formula is C12H12ClN3. The normalized spacial score (nSPS) is 12.4. The molecule has 82 valence electrons. The Balaban J connectivity index is 2.42. The van der Waals surface area contributed by atoms with E-state index in [9.17, 15) is 0 Å². The molecule has 0 bridgehead atoms.